The molecule has 0 saturated carbocycles. The van der Waals surface area contributed by atoms with E-state index in [1.807, 2.05) is 11.8 Å². The van der Waals surface area contributed by atoms with Crippen LogP contribution in [0.15, 0.2) is 85.1 Å². The van der Waals surface area contributed by atoms with Crippen molar-refractivity contribution in [3.63, 3.8) is 0 Å². The van der Waals surface area contributed by atoms with Gasteiger partial charge in [-0.05, 0) is 68.3 Å². The van der Waals surface area contributed by atoms with E-state index in [2.05, 4.69) is 81.4 Å². The molecule has 1 atom stereocenters. The lowest BCUT2D eigenvalue weighted by Gasteiger charge is -2.20. The minimum absolute atomic E-state index is 0.00557. The predicted octanol–water partition coefficient (Wildman–Crippen LogP) is 7.47. The van der Waals surface area contributed by atoms with Gasteiger partial charge in [0.25, 0.3) is 0 Å². The Bertz CT molecular complexity index is 979. The van der Waals surface area contributed by atoms with Crippen molar-refractivity contribution in [3.8, 4) is 0 Å². The van der Waals surface area contributed by atoms with Gasteiger partial charge in [-0.3, -0.25) is 0 Å². The van der Waals surface area contributed by atoms with Crippen LogP contribution in [0.2, 0.25) is 0 Å². The molecule has 0 N–H and O–H groups in total. The summed E-state index contributed by atoms with van der Waals surface area (Å²) < 4.78 is 39.0. The summed E-state index contributed by atoms with van der Waals surface area (Å²) in [6.45, 7) is 6.51. The fourth-order valence-electron chi connectivity index (χ4n) is 2.89. The first-order valence-electron chi connectivity index (χ1n) is 8.69. The van der Waals surface area contributed by atoms with Gasteiger partial charge in [0.1, 0.15) is 10.9 Å². The first-order valence-corrected chi connectivity index (χ1v) is 10.7. The lowest BCUT2D eigenvalue weighted by Crippen LogP contribution is -2.11. The maximum atomic E-state index is 9.75. The largest absolute Gasteiger partial charge is 0.673 e. The van der Waals surface area contributed by atoms with E-state index in [-0.39, 0.29) is 10.9 Å². The van der Waals surface area contributed by atoms with Crippen LogP contribution in [-0.4, -0.2) is 7.25 Å². The van der Waals surface area contributed by atoms with Gasteiger partial charge in [0.15, 0.2) is 14.7 Å². The van der Waals surface area contributed by atoms with Crippen LogP contribution < -0.4 is 0 Å². The molecule has 0 bridgehead atoms. The summed E-state index contributed by atoms with van der Waals surface area (Å²) in [6.07, 6.45) is 0. The van der Waals surface area contributed by atoms with E-state index in [0.29, 0.717) is 0 Å². The number of halogens is 4. The van der Waals surface area contributed by atoms with E-state index in [4.69, 9.17) is 0 Å². The lowest BCUT2D eigenvalue weighted by molar-refractivity contribution is 0.368. The Morgan fingerprint density at radius 2 is 1.18 bits per heavy atom. The molecule has 1 aliphatic rings. The van der Waals surface area contributed by atoms with Crippen molar-refractivity contribution in [1.82, 2.24) is 0 Å². The molecule has 0 spiro atoms. The minimum atomic E-state index is -6.00. The maximum absolute atomic E-state index is 9.75. The molecule has 1 unspecified atom stereocenters. The molecule has 7 heteroatoms. The molecular weight excluding hydrogens is 403 g/mol. The second kappa shape index (κ2) is 8.25. The molecule has 0 aliphatic carbocycles. The molecule has 3 aromatic carbocycles. The van der Waals surface area contributed by atoms with E-state index >= 15 is 0 Å². The van der Waals surface area contributed by atoms with Gasteiger partial charge >= 0.3 is 7.25 Å². The normalized spacial score (nSPS) is 15.2. The molecule has 28 heavy (non-hydrogen) atoms. The van der Waals surface area contributed by atoms with Crippen LogP contribution in [0.1, 0.15) is 16.7 Å². The molecule has 4 rings (SSSR count). The summed E-state index contributed by atoms with van der Waals surface area (Å²) in [5.74, 6) is 0. The smallest absolute Gasteiger partial charge is 0.418 e. The number of fused-ring (bicyclic) bond motifs is 2. The Morgan fingerprint density at radius 3 is 1.82 bits per heavy atom. The molecule has 1 aliphatic heterocycles. The standard InChI is InChI=1S/C21H19S2.BF4/c1-14-4-8-17(9-5-14)23-20-11-7-15(2)12-19(20)22-18-10-6-16(3)13-21(18)23;2-1(3,4)5/h4-13H,1-3H3;/q+1;-1. The molecule has 0 amide bonds. The van der Waals surface area contributed by atoms with Crippen LogP contribution in [0, 0.1) is 20.8 Å². The molecular formula is C21H19BF4S2. The van der Waals surface area contributed by atoms with Crippen molar-refractivity contribution in [3.05, 3.63) is 77.4 Å². The van der Waals surface area contributed by atoms with Crippen LogP contribution in [0.4, 0.5) is 17.3 Å². The fourth-order valence-corrected chi connectivity index (χ4v) is 6.77. The van der Waals surface area contributed by atoms with Crippen LogP contribution in [0.25, 0.3) is 0 Å². The van der Waals surface area contributed by atoms with Crippen molar-refractivity contribution in [2.24, 2.45) is 0 Å². The Morgan fingerprint density at radius 1 is 0.643 bits per heavy atom. The van der Waals surface area contributed by atoms with Gasteiger partial charge < -0.3 is 17.3 Å². The van der Waals surface area contributed by atoms with Crippen LogP contribution in [0.5, 0.6) is 0 Å². The number of hydrogen-bond donors (Lipinski definition) is 0. The molecule has 1 heterocycles. The van der Waals surface area contributed by atoms with Gasteiger partial charge in [-0.25, -0.2) is 0 Å². The highest BCUT2D eigenvalue weighted by atomic mass is 32.2. The summed E-state index contributed by atoms with van der Waals surface area (Å²) in [7, 11) is -6.01. The van der Waals surface area contributed by atoms with E-state index in [9.17, 15) is 17.3 Å². The Kier molecular flexibility index (Phi) is 6.15. The number of rotatable bonds is 1. The first-order chi connectivity index (χ1) is 13.1. The minimum Gasteiger partial charge on any atom is -0.418 e. The van der Waals surface area contributed by atoms with Gasteiger partial charge in [0, 0.05) is 0 Å². The summed E-state index contributed by atoms with van der Waals surface area (Å²) >= 11 is 1.91. The van der Waals surface area contributed by atoms with E-state index < -0.39 is 7.25 Å². The van der Waals surface area contributed by atoms with Crippen molar-refractivity contribution in [2.75, 3.05) is 0 Å². The van der Waals surface area contributed by atoms with Gasteiger partial charge in [-0.1, -0.05) is 41.6 Å². The molecule has 0 radical (unpaired) electrons. The molecule has 146 valence electrons. The van der Waals surface area contributed by atoms with Crippen molar-refractivity contribution in [1.29, 1.82) is 0 Å². The van der Waals surface area contributed by atoms with E-state index in [0.717, 1.165) is 0 Å². The lowest BCUT2D eigenvalue weighted by atomic mass is 10.2. The van der Waals surface area contributed by atoms with Crippen LogP contribution in [0.3, 0.4) is 0 Å². The third kappa shape index (κ3) is 5.14. The van der Waals surface area contributed by atoms with Gasteiger partial charge in [-0.15, -0.1) is 0 Å². The highest BCUT2D eigenvalue weighted by Gasteiger charge is 2.38. The summed E-state index contributed by atoms with van der Waals surface area (Å²) in [4.78, 5) is 7.15. The summed E-state index contributed by atoms with van der Waals surface area (Å²) in [5, 5.41) is 0. The van der Waals surface area contributed by atoms with E-state index in [1.165, 1.54) is 41.2 Å². The molecule has 3 aromatic rings. The highest BCUT2D eigenvalue weighted by molar-refractivity contribution is 8.04. The Balaban J connectivity index is 0.000000403. The topological polar surface area (TPSA) is 0 Å². The summed E-state index contributed by atoms with van der Waals surface area (Å²) in [5.41, 5.74) is 3.99. The first kappa shape index (κ1) is 20.9. The van der Waals surface area contributed by atoms with Crippen LogP contribution >= 0.6 is 11.8 Å². The second-order valence-electron chi connectivity index (χ2n) is 6.62. The van der Waals surface area contributed by atoms with E-state index in [1.54, 1.807) is 0 Å². The Labute approximate surface area is 169 Å². The van der Waals surface area contributed by atoms with Crippen molar-refractivity contribution < 1.29 is 17.3 Å². The monoisotopic (exact) mass is 422 g/mol. The van der Waals surface area contributed by atoms with Gasteiger partial charge in [0.05, 0.1) is 9.79 Å². The van der Waals surface area contributed by atoms with Crippen molar-refractivity contribution in [2.45, 2.75) is 45.2 Å². The van der Waals surface area contributed by atoms with Crippen LogP contribution in [-0.2, 0) is 10.9 Å². The molecule has 0 saturated heterocycles. The van der Waals surface area contributed by atoms with Gasteiger partial charge in [0.2, 0.25) is 0 Å². The Hall–Kier alpha value is -1.86. The van der Waals surface area contributed by atoms with Gasteiger partial charge in [-0.2, -0.15) is 0 Å². The SMILES string of the molecule is Cc1ccc([S+]2c3ccc(C)cc3Sc3ccc(C)cc32)cc1.F[B-](F)(F)F. The number of hydrogen-bond acceptors (Lipinski definition) is 1. The number of aryl methyl sites for hydroxylation is 3. The maximum Gasteiger partial charge on any atom is 0.673 e. The highest BCUT2D eigenvalue weighted by Crippen LogP contribution is 2.48. The fraction of sp³-hybridized carbons (Fsp3) is 0.143. The molecule has 0 fully saturated rings. The second-order valence-corrected chi connectivity index (χ2v) is 9.66. The zero-order valence-electron chi connectivity index (χ0n) is 15.7. The molecule has 0 aromatic heterocycles. The average Bonchev–Trinajstić information content (AvgIpc) is 2.59. The number of benzene rings is 3. The zero-order chi connectivity index (χ0) is 20.5. The third-order valence-corrected chi connectivity index (χ3v) is 7.82. The quantitative estimate of drug-likeness (QED) is 0.174. The summed E-state index contributed by atoms with van der Waals surface area (Å²) in [6, 6.07) is 22.8. The molecule has 0 nitrogen and oxygen atoms in total. The average molecular weight is 422 g/mol. The third-order valence-electron chi connectivity index (χ3n) is 4.11. The van der Waals surface area contributed by atoms with Crippen molar-refractivity contribution >= 4 is 29.9 Å². The predicted molar refractivity (Wildman–Crippen MR) is 110 cm³/mol. The zero-order valence-corrected chi connectivity index (χ0v) is 17.3.